The molecule has 6 heteroatoms. The zero-order valence-corrected chi connectivity index (χ0v) is 12.1. The fraction of sp³-hybridized carbons (Fsp3) is 0.600. The van der Waals surface area contributed by atoms with E-state index in [4.69, 9.17) is 4.74 Å². The molecular weight excluding hydrogens is 278 g/mol. The van der Waals surface area contributed by atoms with Crippen LogP contribution in [-0.2, 0) is 4.74 Å². The van der Waals surface area contributed by atoms with Gasteiger partial charge in [0.25, 0.3) is 5.91 Å². The SMILES string of the molecule is COCCCC1CCCN(C(=O)c2ncc(F)cc2F)C1. The van der Waals surface area contributed by atoms with Crippen molar-refractivity contribution >= 4 is 5.91 Å². The van der Waals surface area contributed by atoms with Gasteiger partial charge < -0.3 is 9.64 Å². The number of nitrogens with zero attached hydrogens (tertiary/aromatic N) is 2. The van der Waals surface area contributed by atoms with Gasteiger partial charge in [0, 0.05) is 32.9 Å². The van der Waals surface area contributed by atoms with Gasteiger partial charge in [0.15, 0.2) is 11.5 Å². The van der Waals surface area contributed by atoms with Crippen molar-refractivity contribution in [1.82, 2.24) is 9.88 Å². The van der Waals surface area contributed by atoms with Gasteiger partial charge in [0.05, 0.1) is 6.20 Å². The summed E-state index contributed by atoms with van der Waals surface area (Å²) in [5, 5.41) is 0. The lowest BCUT2D eigenvalue weighted by Gasteiger charge is -2.32. The fourth-order valence-electron chi connectivity index (χ4n) is 2.72. The Bertz CT molecular complexity index is 497. The molecule has 0 spiro atoms. The molecule has 0 bridgehead atoms. The molecule has 1 amide bonds. The molecule has 21 heavy (non-hydrogen) atoms. The molecule has 1 saturated heterocycles. The number of hydrogen-bond acceptors (Lipinski definition) is 3. The van der Waals surface area contributed by atoms with Crippen LogP contribution in [0.25, 0.3) is 0 Å². The quantitative estimate of drug-likeness (QED) is 0.785. The third-order valence-electron chi connectivity index (χ3n) is 3.78. The van der Waals surface area contributed by atoms with Gasteiger partial charge in [-0.05, 0) is 31.6 Å². The van der Waals surface area contributed by atoms with Gasteiger partial charge >= 0.3 is 0 Å². The number of carbonyl (C=O) groups excluding carboxylic acids is 1. The van der Waals surface area contributed by atoms with E-state index in [0.717, 1.165) is 31.9 Å². The molecule has 2 heterocycles. The van der Waals surface area contributed by atoms with Crippen LogP contribution in [0.15, 0.2) is 12.3 Å². The van der Waals surface area contributed by atoms with Crippen molar-refractivity contribution in [2.75, 3.05) is 26.8 Å². The number of ether oxygens (including phenoxy) is 1. The standard InChI is InChI=1S/C15H20F2N2O2/c1-21-7-3-5-11-4-2-6-19(10-11)15(20)14-13(17)8-12(16)9-18-14/h8-9,11H,2-7,10H2,1H3. The summed E-state index contributed by atoms with van der Waals surface area (Å²) in [6, 6.07) is 0.695. The van der Waals surface area contributed by atoms with Crippen LogP contribution in [0.3, 0.4) is 0 Å². The number of hydrogen-bond donors (Lipinski definition) is 0. The third kappa shape index (κ3) is 4.20. The van der Waals surface area contributed by atoms with E-state index in [1.807, 2.05) is 0 Å². The minimum absolute atomic E-state index is 0.297. The van der Waals surface area contributed by atoms with Crippen LogP contribution in [0.1, 0.15) is 36.2 Å². The highest BCUT2D eigenvalue weighted by Crippen LogP contribution is 2.22. The predicted molar refractivity (Wildman–Crippen MR) is 73.9 cm³/mol. The number of piperidine rings is 1. The zero-order chi connectivity index (χ0) is 15.2. The topological polar surface area (TPSA) is 42.4 Å². The summed E-state index contributed by atoms with van der Waals surface area (Å²) < 4.78 is 31.5. The summed E-state index contributed by atoms with van der Waals surface area (Å²) in [6.45, 7) is 1.90. The second-order valence-corrected chi connectivity index (χ2v) is 5.38. The monoisotopic (exact) mass is 298 g/mol. The van der Waals surface area contributed by atoms with E-state index >= 15 is 0 Å². The first-order valence-corrected chi connectivity index (χ1v) is 7.21. The Morgan fingerprint density at radius 3 is 3.05 bits per heavy atom. The van der Waals surface area contributed by atoms with Crippen molar-refractivity contribution in [2.24, 2.45) is 5.92 Å². The van der Waals surface area contributed by atoms with Gasteiger partial charge in [-0.1, -0.05) is 0 Å². The number of carbonyl (C=O) groups is 1. The van der Waals surface area contributed by atoms with E-state index in [2.05, 4.69) is 4.98 Å². The predicted octanol–water partition coefficient (Wildman–Crippen LogP) is 2.64. The van der Waals surface area contributed by atoms with Crippen LogP contribution in [0.2, 0.25) is 0 Å². The molecule has 0 N–H and O–H groups in total. The minimum atomic E-state index is -0.901. The normalized spacial score (nSPS) is 18.8. The van der Waals surface area contributed by atoms with Crippen molar-refractivity contribution in [3.63, 3.8) is 0 Å². The number of methoxy groups -OCH3 is 1. The van der Waals surface area contributed by atoms with Crippen molar-refractivity contribution in [3.8, 4) is 0 Å². The molecule has 0 aliphatic carbocycles. The molecule has 116 valence electrons. The van der Waals surface area contributed by atoms with Gasteiger partial charge in [-0.3, -0.25) is 4.79 Å². The van der Waals surface area contributed by atoms with E-state index in [1.165, 1.54) is 0 Å². The van der Waals surface area contributed by atoms with E-state index in [9.17, 15) is 13.6 Å². The maximum absolute atomic E-state index is 13.6. The smallest absolute Gasteiger partial charge is 0.275 e. The highest BCUT2D eigenvalue weighted by atomic mass is 19.1. The summed E-state index contributed by atoms with van der Waals surface area (Å²) in [5.74, 6) is -1.73. The lowest BCUT2D eigenvalue weighted by Crippen LogP contribution is -2.40. The maximum Gasteiger partial charge on any atom is 0.275 e. The van der Waals surface area contributed by atoms with E-state index in [1.54, 1.807) is 12.0 Å². The molecule has 4 nitrogen and oxygen atoms in total. The summed E-state index contributed by atoms with van der Waals surface area (Å²) in [5.41, 5.74) is -0.297. The molecule has 1 aliphatic heterocycles. The van der Waals surface area contributed by atoms with Crippen molar-refractivity contribution in [3.05, 3.63) is 29.6 Å². The Kier molecular flexibility index (Phi) is 5.61. The number of amides is 1. The van der Waals surface area contributed by atoms with Crippen molar-refractivity contribution in [1.29, 1.82) is 0 Å². The number of likely N-dealkylation sites (tertiary alicyclic amines) is 1. The summed E-state index contributed by atoms with van der Waals surface area (Å²) >= 11 is 0. The molecule has 0 aromatic carbocycles. The van der Waals surface area contributed by atoms with Crippen LogP contribution >= 0.6 is 0 Å². The van der Waals surface area contributed by atoms with Gasteiger partial charge in [0.2, 0.25) is 0 Å². The van der Waals surface area contributed by atoms with Crippen LogP contribution in [0.5, 0.6) is 0 Å². The average Bonchev–Trinajstić information content (AvgIpc) is 2.47. The summed E-state index contributed by atoms with van der Waals surface area (Å²) in [6.07, 6.45) is 4.76. The highest BCUT2D eigenvalue weighted by Gasteiger charge is 2.26. The lowest BCUT2D eigenvalue weighted by molar-refractivity contribution is 0.0649. The Hall–Kier alpha value is -1.56. The Balaban J connectivity index is 1.98. The van der Waals surface area contributed by atoms with Gasteiger partial charge in [0.1, 0.15) is 5.82 Å². The molecule has 1 aliphatic rings. The molecule has 1 aromatic rings. The fourth-order valence-corrected chi connectivity index (χ4v) is 2.72. The number of rotatable bonds is 5. The summed E-state index contributed by atoms with van der Waals surface area (Å²) in [7, 11) is 1.67. The molecule has 2 rings (SSSR count). The second-order valence-electron chi connectivity index (χ2n) is 5.38. The third-order valence-corrected chi connectivity index (χ3v) is 3.78. The van der Waals surface area contributed by atoms with E-state index in [-0.39, 0.29) is 5.69 Å². The van der Waals surface area contributed by atoms with Crippen molar-refractivity contribution in [2.45, 2.75) is 25.7 Å². The molecule has 1 unspecified atom stereocenters. The molecular formula is C15H20F2N2O2. The first kappa shape index (κ1) is 15.8. The number of aromatic nitrogens is 1. The van der Waals surface area contributed by atoms with Gasteiger partial charge in [-0.25, -0.2) is 13.8 Å². The van der Waals surface area contributed by atoms with E-state index < -0.39 is 17.5 Å². The van der Waals surface area contributed by atoms with Crippen LogP contribution in [0.4, 0.5) is 8.78 Å². The van der Waals surface area contributed by atoms with Gasteiger partial charge in [-0.2, -0.15) is 0 Å². The second kappa shape index (κ2) is 7.45. The Morgan fingerprint density at radius 2 is 2.33 bits per heavy atom. The summed E-state index contributed by atoms with van der Waals surface area (Å²) in [4.78, 5) is 17.5. The molecule has 1 atom stereocenters. The lowest BCUT2D eigenvalue weighted by atomic mass is 9.93. The first-order valence-electron chi connectivity index (χ1n) is 7.21. The molecule has 0 saturated carbocycles. The van der Waals surface area contributed by atoms with Gasteiger partial charge in [-0.15, -0.1) is 0 Å². The van der Waals surface area contributed by atoms with Crippen molar-refractivity contribution < 1.29 is 18.3 Å². The number of halogens is 2. The molecule has 1 aromatic heterocycles. The minimum Gasteiger partial charge on any atom is -0.385 e. The van der Waals surface area contributed by atoms with E-state index in [0.29, 0.717) is 31.7 Å². The molecule has 0 radical (unpaired) electrons. The van der Waals surface area contributed by atoms with Crippen LogP contribution in [-0.4, -0.2) is 42.6 Å². The molecule has 1 fully saturated rings. The Labute approximate surface area is 123 Å². The zero-order valence-electron chi connectivity index (χ0n) is 12.1. The maximum atomic E-state index is 13.6. The van der Waals surface area contributed by atoms with Crippen LogP contribution < -0.4 is 0 Å². The largest absolute Gasteiger partial charge is 0.385 e. The van der Waals surface area contributed by atoms with Crippen LogP contribution in [0, 0.1) is 17.6 Å². The first-order chi connectivity index (χ1) is 10.1. The Morgan fingerprint density at radius 1 is 1.52 bits per heavy atom. The highest BCUT2D eigenvalue weighted by molar-refractivity contribution is 5.92. The average molecular weight is 298 g/mol. The number of pyridine rings is 1.